The minimum Gasteiger partial charge on any atom is -0.398 e. The summed E-state index contributed by atoms with van der Waals surface area (Å²) in [6.07, 6.45) is 0. The van der Waals surface area contributed by atoms with Crippen LogP contribution in [0.1, 0.15) is 27.0 Å². The number of nitrogens with two attached hydrogens (primary N) is 1. The molecule has 2 nitrogen and oxygen atoms in total. The van der Waals surface area contributed by atoms with Gasteiger partial charge < -0.3 is 5.73 Å². The van der Waals surface area contributed by atoms with E-state index in [1.807, 2.05) is 50.2 Å². The minimum absolute atomic E-state index is 0.0133. The summed E-state index contributed by atoms with van der Waals surface area (Å²) >= 11 is 0. The highest BCUT2D eigenvalue weighted by Gasteiger charge is 2.13. The van der Waals surface area contributed by atoms with E-state index in [1.165, 1.54) is 0 Å². The molecule has 0 bridgehead atoms. The summed E-state index contributed by atoms with van der Waals surface area (Å²) in [6.45, 7) is 3.88. The fraction of sp³-hybridized carbons (Fsp3) is 0.133. The lowest BCUT2D eigenvalue weighted by molar-refractivity contribution is 0.103. The minimum atomic E-state index is -0.0133. The van der Waals surface area contributed by atoms with Crippen LogP contribution < -0.4 is 5.73 Å². The molecule has 0 atom stereocenters. The summed E-state index contributed by atoms with van der Waals surface area (Å²) in [5.41, 5.74) is 9.74. The van der Waals surface area contributed by atoms with Crippen LogP contribution in [0.25, 0.3) is 0 Å². The number of carbonyl (C=O) groups excluding carboxylic acids is 1. The first kappa shape index (κ1) is 11.4. The average Bonchev–Trinajstić information content (AvgIpc) is 2.29. The van der Waals surface area contributed by atoms with Gasteiger partial charge >= 0.3 is 0 Å². The van der Waals surface area contributed by atoms with Crippen LogP contribution in [0.5, 0.6) is 0 Å². The molecule has 17 heavy (non-hydrogen) atoms. The SMILES string of the molecule is Cc1ccc(C(=O)c2ccccc2C)c(N)c1. The summed E-state index contributed by atoms with van der Waals surface area (Å²) in [5.74, 6) is -0.0133. The average molecular weight is 225 g/mol. The third-order valence-electron chi connectivity index (χ3n) is 2.84. The van der Waals surface area contributed by atoms with E-state index in [9.17, 15) is 4.79 Å². The van der Waals surface area contributed by atoms with Crippen LogP contribution >= 0.6 is 0 Å². The van der Waals surface area contributed by atoms with E-state index in [1.54, 1.807) is 6.07 Å². The van der Waals surface area contributed by atoms with E-state index in [0.717, 1.165) is 11.1 Å². The van der Waals surface area contributed by atoms with Gasteiger partial charge in [0.2, 0.25) is 0 Å². The van der Waals surface area contributed by atoms with E-state index in [4.69, 9.17) is 5.73 Å². The van der Waals surface area contributed by atoms with Crippen molar-refractivity contribution in [3.63, 3.8) is 0 Å². The summed E-state index contributed by atoms with van der Waals surface area (Å²) < 4.78 is 0. The molecule has 0 unspecified atom stereocenters. The predicted octanol–water partition coefficient (Wildman–Crippen LogP) is 3.12. The van der Waals surface area contributed by atoms with Crippen LogP contribution in [0.2, 0.25) is 0 Å². The first-order valence-corrected chi connectivity index (χ1v) is 5.56. The predicted molar refractivity (Wildman–Crippen MR) is 70.2 cm³/mol. The zero-order valence-electron chi connectivity index (χ0n) is 10.0. The molecular formula is C15H15NO. The largest absolute Gasteiger partial charge is 0.398 e. The van der Waals surface area contributed by atoms with Crippen molar-refractivity contribution in [3.05, 3.63) is 64.7 Å². The number of nitrogen functional groups attached to an aromatic ring is 1. The van der Waals surface area contributed by atoms with Crippen LogP contribution in [-0.4, -0.2) is 5.78 Å². The maximum absolute atomic E-state index is 12.3. The molecule has 2 aromatic rings. The Morgan fingerprint density at radius 1 is 1.00 bits per heavy atom. The van der Waals surface area contributed by atoms with Crippen LogP contribution in [0.15, 0.2) is 42.5 Å². The van der Waals surface area contributed by atoms with Crippen LogP contribution in [-0.2, 0) is 0 Å². The van der Waals surface area contributed by atoms with Crippen LogP contribution in [0.4, 0.5) is 5.69 Å². The number of hydrogen-bond acceptors (Lipinski definition) is 2. The first-order chi connectivity index (χ1) is 8.09. The summed E-state index contributed by atoms with van der Waals surface area (Å²) in [5, 5.41) is 0. The lowest BCUT2D eigenvalue weighted by Gasteiger charge is -2.08. The standard InChI is InChI=1S/C15H15NO/c1-10-7-8-13(14(16)9-10)15(17)12-6-4-3-5-11(12)2/h3-9H,16H2,1-2H3. The smallest absolute Gasteiger partial charge is 0.195 e. The summed E-state index contributed by atoms with van der Waals surface area (Å²) in [4.78, 5) is 12.3. The van der Waals surface area contributed by atoms with E-state index < -0.39 is 0 Å². The molecule has 0 spiro atoms. The normalized spacial score (nSPS) is 10.2. The molecule has 0 fully saturated rings. The number of benzene rings is 2. The number of rotatable bonds is 2. The van der Waals surface area contributed by atoms with Crippen molar-refractivity contribution in [2.24, 2.45) is 0 Å². The van der Waals surface area contributed by atoms with Crippen molar-refractivity contribution in [1.82, 2.24) is 0 Å². The van der Waals surface area contributed by atoms with Gasteiger partial charge in [-0.15, -0.1) is 0 Å². The molecule has 0 aliphatic rings. The zero-order valence-corrected chi connectivity index (χ0v) is 10.0. The molecule has 0 radical (unpaired) electrons. The molecule has 2 N–H and O–H groups in total. The van der Waals surface area contributed by atoms with Gasteiger partial charge in [0.05, 0.1) is 0 Å². The molecule has 0 saturated carbocycles. The van der Waals surface area contributed by atoms with Gasteiger partial charge in [0, 0.05) is 16.8 Å². The Kier molecular flexibility index (Phi) is 2.96. The van der Waals surface area contributed by atoms with Crippen LogP contribution in [0.3, 0.4) is 0 Å². The Bertz CT molecular complexity index is 573. The Hall–Kier alpha value is -2.09. The quantitative estimate of drug-likeness (QED) is 0.630. The van der Waals surface area contributed by atoms with E-state index in [-0.39, 0.29) is 5.78 Å². The third kappa shape index (κ3) is 2.21. The molecule has 0 aromatic heterocycles. The molecule has 2 rings (SSSR count). The summed E-state index contributed by atoms with van der Waals surface area (Å²) in [6, 6.07) is 13.1. The monoisotopic (exact) mass is 225 g/mol. The Morgan fingerprint density at radius 2 is 1.71 bits per heavy atom. The Morgan fingerprint density at radius 3 is 2.35 bits per heavy atom. The van der Waals surface area contributed by atoms with Gasteiger partial charge in [0.1, 0.15) is 0 Å². The van der Waals surface area contributed by atoms with E-state index in [0.29, 0.717) is 16.8 Å². The van der Waals surface area contributed by atoms with Gasteiger partial charge in [-0.3, -0.25) is 4.79 Å². The Balaban J connectivity index is 2.48. The summed E-state index contributed by atoms with van der Waals surface area (Å²) in [7, 11) is 0. The fourth-order valence-electron chi connectivity index (χ4n) is 1.86. The molecule has 0 aliphatic heterocycles. The molecule has 0 saturated heterocycles. The van der Waals surface area contributed by atoms with Crippen molar-refractivity contribution in [3.8, 4) is 0 Å². The molecule has 2 heteroatoms. The molecule has 86 valence electrons. The van der Waals surface area contributed by atoms with Crippen molar-refractivity contribution < 1.29 is 4.79 Å². The van der Waals surface area contributed by atoms with Gasteiger partial charge in [-0.1, -0.05) is 30.3 Å². The molecule has 0 aliphatic carbocycles. The number of carbonyl (C=O) groups is 1. The van der Waals surface area contributed by atoms with Crippen molar-refractivity contribution in [1.29, 1.82) is 0 Å². The maximum atomic E-state index is 12.3. The topological polar surface area (TPSA) is 43.1 Å². The lowest BCUT2D eigenvalue weighted by atomic mass is 9.97. The Labute approximate surface area is 101 Å². The molecule has 2 aromatic carbocycles. The second kappa shape index (κ2) is 4.42. The maximum Gasteiger partial charge on any atom is 0.195 e. The highest BCUT2D eigenvalue weighted by molar-refractivity contribution is 6.12. The third-order valence-corrected chi connectivity index (χ3v) is 2.84. The van der Waals surface area contributed by atoms with Gasteiger partial charge in [-0.25, -0.2) is 0 Å². The number of aryl methyl sites for hydroxylation is 2. The lowest BCUT2D eigenvalue weighted by Crippen LogP contribution is -2.07. The number of ketones is 1. The van der Waals surface area contributed by atoms with E-state index >= 15 is 0 Å². The van der Waals surface area contributed by atoms with Crippen molar-refractivity contribution in [2.75, 3.05) is 5.73 Å². The zero-order chi connectivity index (χ0) is 12.4. The first-order valence-electron chi connectivity index (χ1n) is 5.56. The van der Waals surface area contributed by atoms with Crippen molar-refractivity contribution >= 4 is 11.5 Å². The van der Waals surface area contributed by atoms with E-state index in [2.05, 4.69) is 0 Å². The molecule has 0 heterocycles. The number of hydrogen-bond donors (Lipinski definition) is 1. The highest BCUT2D eigenvalue weighted by Crippen LogP contribution is 2.19. The number of anilines is 1. The van der Waals surface area contributed by atoms with Gasteiger partial charge in [-0.2, -0.15) is 0 Å². The highest BCUT2D eigenvalue weighted by atomic mass is 16.1. The van der Waals surface area contributed by atoms with Crippen molar-refractivity contribution in [2.45, 2.75) is 13.8 Å². The van der Waals surface area contributed by atoms with Gasteiger partial charge in [0.25, 0.3) is 0 Å². The second-order valence-electron chi connectivity index (χ2n) is 4.23. The second-order valence-corrected chi connectivity index (χ2v) is 4.23. The fourth-order valence-corrected chi connectivity index (χ4v) is 1.86. The molecular weight excluding hydrogens is 210 g/mol. The van der Waals surface area contributed by atoms with Crippen LogP contribution in [0, 0.1) is 13.8 Å². The van der Waals surface area contributed by atoms with Gasteiger partial charge in [-0.05, 0) is 37.1 Å². The molecule has 0 amide bonds. The van der Waals surface area contributed by atoms with Gasteiger partial charge in [0.15, 0.2) is 5.78 Å².